The van der Waals surface area contributed by atoms with E-state index in [1.165, 1.54) is 6.92 Å². The van der Waals surface area contributed by atoms with Crippen molar-refractivity contribution >= 4 is 34.8 Å². The van der Waals surface area contributed by atoms with Crippen LogP contribution in [0, 0.1) is 0 Å². The first-order chi connectivity index (χ1) is 11.0. The summed E-state index contributed by atoms with van der Waals surface area (Å²) in [5, 5.41) is 2.63. The molecule has 0 aromatic heterocycles. The normalized spacial score (nSPS) is 11.0. The molecule has 0 spiro atoms. The van der Waals surface area contributed by atoms with Gasteiger partial charge in [0.15, 0.2) is 5.12 Å². The van der Waals surface area contributed by atoms with Crippen LogP contribution in [-0.4, -0.2) is 35.9 Å². The van der Waals surface area contributed by atoms with Gasteiger partial charge in [0.2, 0.25) is 5.91 Å². The number of carbonyl (C=O) groups is 3. The summed E-state index contributed by atoms with van der Waals surface area (Å²) in [6, 6.07) is 9.40. The molecule has 0 aliphatic heterocycles. The molecule has 0 saturated carbocycles. The Morgan fingerprint density at radius 1 is 1.22 bits per heavy atom. The third-order valence-electron chi connectivity index (χ3n) is 2.78. The number of ether oxygens (including phenoxy) is 1. The van der Waals surface area contributed by atoms with Crippen LogP contribution in [0.5, 0.6) is 0 Å². The Hall–Kier alpha value is -2.08. The minimum absolute atomic E-state index is 0.0525. The van der Waals surface area contributed by atoms with Crippen LogP contribution in [0.25, 0.3) is 6.08 Å². The fourth-order valence-corrected chi connectivity index (χ4v) is 2.30. The lowest BCUT2D eigenvalue weighted by atomic mass is 10.1. The van der Waals surface area contributed by atoms with Crippen LogP contribution < -0.4 is 5.32 Å². The van der Waals surface area contributed by atoms with E-state index in [4.69, 9.17) is 4.74 Å². The maximum Gasteiger partial charge on any atom is 0.307 e. The number of nitrogens with one attached hydrogen (secondary N) is 1. The minimum atomic E-state index is -0.348. The number of thioether (sulfide) groups is 1. The number of esters is 1. The van der Waals surface area contributed by atoms with E-state index in [9.17, 15) is 14.4 Å². The Morgan fingerprint density at radius 2 is 1.91 bits per heavy atom. The molecule has 1 aromatic rings. The summed E-state index contributed by atoms with van der Waals surface area (Å²) in [4.78, 5) is 34.6. The molecular weight excluding hydrogens is 314 g/mol. The largest absolute Gasteiger partial charge is 0.466 e. The average molecular weight is 335 g/mol. The van der Waals surface area contributed by atoms with Crippen LogP contribution in [0.2, 0.25) is 0 Å². The Bertz CT molecular complexity index is 569. The van der Waals surface area contributed by atoms with E-state index in [2.05, 4.69) is 5.32 Å². The highest BCUT2D eigenvalue weighted by Crippen LogP contribution is 2.13. The summed E-state index contributed by atoms with van der Waals surface area (Å²) in [6.07, 6.45) is 1.87. The Balaban J connectivity index is 2.67. The predicted octanol–water partition coefficient (Wildman–Crippen LogP) is 2.42. The van der Waals surface area contributed by atoms with E-state index in [1.54, 1.807) is 13.0 Å². The van der Waals surface area contributed by atoms with Crippen molar-refractivity contribution in [2.24, 2.45) is 0 Å². The molecule has 5 nitrogen and oxygen atoms in total. The molecule has 1 amide bonds. The van der Waals surface area contributed by atoms with E-state index in [-0.39, 0.29) is 35.7 Å². The zero-order valence-electron chi connectivity index (χ0n) is 13.3. The van der Waals surface area contributed by atoms with Crippen molar-refractivity contribution in [1.82, 2.24) is 5.32 Å². The molecule has 0 unspecified atom stereocenters. The average Bonchev–Trinajstić information content (AvgIpc) is 2.52. The van der Waals surface area contributed by atoms with Crippen molar-refractivity contribution in [2.75, 3.05) is 18.9 Å². The SMILES string of the molecule is CCOC(=O)CCNC(=O)C(=Cc1ccccc1)CSC(C)=O. The summed E-state index contributed by atoms with van der Waals surface area (Å²) >= 11 is 1.08. The second kappa shape index (κ2) is 10.6. The lowest BCUT2D eigenvalue weighted by Gasteiger charge is -2.08. The van der Waals surface area contributed by atoms with Crippen molar-refractivity contribution in [1.29, 1.82) is 0 Å². The van der Waals surface area contributed by atoms with Gasteiger partial charge in [0.25, 0.3) is 0 Å². The van der Waals surface area contributed by atoms with Gasteiger partial charge in [0, 0.05) is 24.8 Å². The van der Waals surface area contributed by atoms with Gasteiger partial charge in [0.05, 0.1) is 13.0 Å². The van der Waals surface area contributed by atoms with Crippen molar-refractivity contribution in [3.05, 3.63) is 41.5 Å². The number of carbonyl (C=O) groups excluding carboxylic acids is 3. The van der Waals surface area contributed by atoms with Gasteiger partial charge in [-0.3, -0.25) is 14.4 Å². The van der Waals surface area contributed by atoms with Crippen LogP contribution in [-0.2, 0) is 19.1 Å². The summed E-state index contributed by atoms with van der Waals surface area (Å²) in [5.74, 6) is -0.346. The summed E-state index contributed by atoms with van der Waals surface area (Å²) in [7, 11) is 0. The molecule has 0 heterocycles. The highest BCUT2D eigenvalue weighted by atomic mass is 32.2. The van der Waals surface area contributed by atoms with Gasteiger partial charge in [-0.2, -0.15) is 0 Å². The Kier molecular flexibility index (Phi) is 8.75. The molecular formula is C17H21NO4S. The summed E-state index contributed by atoms with van der Waals surface area (Å²) < 4.78 is 4.81. The topological polar surface area (TPSA) is 72.5 Å². The molecule has 0 atom stereocenters. The smallest absolute Gasteiger partial charge is 0.307 e. The van der Waals surface area contributed by atoms with E-state index >= 15 is 0 Å². The number of rotatable bonds is 8. The van der Waals surface area contributed by atoms with Gasteiger partial charge in [0.1, 0.15) is 0 Å². The highest BCUT2D eigenvalue weighted by Gasteiger charge is 2.12. The van der Waals surface area contributed by atoms with Crippen molar-refractivity contribution < 1.29 is 19.1 Å². The van der Waals surface area contributed by atoms with Crippen LogP contribution >= 0.6 is 11.8 Å². The van der Waals surface area contributed by atoms with Gasteiger partial charge < -0.3 is 10.1 Å². The highest BCUT2D eigenvalue weighted by molar-refractivity contribution is 8.13. The molecule has 0 radical (unpaired) electrons. The van der Waals surface area contributed by atoms with Crippen LogP contribution in [0.15, 0.2) is 35.9 Å². The molecule has 0 bridgehead atoms. The molecule has 0 fully saturated rings. The third kappa shape index (κ3) is 8.21. The van der Waals surface area contributed by atoms with Crippen LogP contribution in [0.3, 0.4) is 0 Å². The zero-order valence-corrected chi connectivity index (χ0v) is 14.2. The molecule has 23 heavy (non-hydrogen) atoms. The first kappa shape index (κ1) is 19.0. The number of benzene rings is 1. The van der Waals surface area contributed by atoms with Gasteiger partial charge in [-0.05, 0) is 18.6 Å². The van der Waals surface area contributed by atoms with Crippen molar-refractivity contribution in [3.8, 4) is 0 Å². The standard InChI is InChI=1S/C17H21NO4S/c1-3-22-16(20)9-10-18-17(21)15(12-23-13(2)19)11-14-7-5-4-6-8-14/h4-8,11H,3,9-10,12H2,1-2H3,(H,18,21). The molecule has 0 aliphatic rings. The fraction of sp³-hybridized carbons (Fsp3) is 0.353. The monoisotopic (exact) mass is 335 g/mol. The van der Waals surface area contributed by atoms with Gasteiger partial charge >= 0.3 is 5.97 Å². The summed E-state index contributed by atoms with van der Waals surface area (Å²) in [5.41, 5.74) is 1.37. The van der Waals surface area contributed by atoms with Crippen LogP contribution in [0.4, 0.5) is 0 Å². The summed E-state index contributed by atoms with van der Waals surface area (Å²) in [6.45, 7) is 3.72. The first-order valence-corrected chi connectivity index (χ1v) is 8.34. The van der Waals surface area contributed by atoms with Crippen molar-refractivity contribution in [2.45, 2.75) is 20.3 Å². The maximum atomic E-state index is 12.2. The molecule has 124 valence electrons. The van der Waals surface area contributed by atoms with Crippen molar-refractivity contribution in [3.63, 3.8) is 0 Å². The lowest BCUT2D eigenvalue weighted by Crippen LogP contribution is -2.28. The van der Waals surface area contributed by atoms with Gasteiger partial charge in [-0.1, -0.05) is 42.1 Å². The van der Waals surface area contributed by atoms with E-state index in [0.717, 1.165) is 17.3 Å². The lowest BCUT2D eigenvalue weighted by molar-refractivity contribution is -0.143. The van der Waals surface area contributed by atoms with E-state index in [1.807, 2.05) is 30.3 Å². The molecule has 1 rings (SSSR count). The van der Waals surface area contributed by atoms with E-state index < -0.39 is 0 Å². The third-order valence-corrected chi connectivity index (χ3v) is 3.64. The van der Waals surface area contributed by atoms with E-state index in [0.29, 0.717) is 12.2 Å². The molecule has 0 saturated heterocycles. The zero-order chi connectivity index (χ0) is 17.1. The Morgan fingerprint density at radius 3 is 2.52 bits per heavy atom. The van der Waals surface area contributed by atoms with Crippen LogP contribution in [0.1, 0.15) is 25.8 Å². The Labute approximate surface area is 140 Å². The predicted molar refractivity (Wildman–Crippen MR) is 91.8 cm³/mol. The second-order valence-corrected chi connectivity index (χ2v) is 5.82. The maximum absolute atomic E-state index is 12.2. The van der Waals surface area contributed by atoms with Gasteiger partial charge in [-0.15, -0.1) is 0 Å². The molecule has 0 aliphatic carbocycles. The molecule has 1 aromatic carbocycles. The number of amides is 1. The molecule has 6 heteroatoms. The quantitative estimate of drug-likeness (QED) is 0.583. The van der Waals surface area contributed by atoms with Gasteiger partial charge in [-0.25, -0.2) is 0 Å². The molecule has 1 N–H and O–H groups in total. The fourth-order valence-electron chi connectivity index (χ4n) is 1.73. The number of hydrogen-bond acceptors (Lipinski definition) is 5. The number of hydrogen-bond donors (Lipinski definition) is 1. The second-order valence-electron chi connectivity index (χ2n) is 4.67. The first-order valence-electron chi connectivity index (χ1n) is 7.35. The minimum Gasteiger partial charge on any atom is -0.466 e.